The van der Waals surface area contributed by atoms with E-state index in [4.69, 9.17) is 0 Å². The summed E-state index contributed by atoms with van der Waals surface area (Å²) in [6, 6.07) is 2.52. The topological polar surface area (TPSA) is 92.7 Å². The average molecular weight is 261 g/mol. The Labute approximate surface area is 109 Å². The van der Waals surface area contributed by atoms with Gasteiger partial charge in [-0.3, -0.25) is 9.59 Å². The zero-order valence-corrected chi connectivity index (χ0v) is 10.8. The zero-order chi connectivity index (χ0) is 13.8. The molecule has 0 saturated heterocycles. The van der Waals surface area contributed by atoms with Crippen LogP contribution in [-0.2, 0) is 7.05 Å². The number of H-pyrrole nitrogens is 1. The molecule has 2 N–H and O–H groups in total. The molecule has 2 aromatic heterocycles. The van der Waals surface area contributed by atoms with Crippen molar-refractivity contribution in [3.63, 3.8) is 0 Å². The summed E-state index contributed by atoms with van der Waals surface area (Å²) in [5.74, 6) is 0.361. The maximum atomic E-state index is 12.0. The highest BCUT2D eigenvalue weighted by Gasteiger charge is 2.17. The molecule has 0 radical (unpaired) electrons. The largest absolute Gasteiger partial charge is 0.347 e. The van der Waals surface area contributed by atoms with Gasteiger partial charge in [0, 0.05) is 25.5 Å². The van der Waals surface area contributed by atoms with E-state index in [1.54, 1.807) is 12.4 Å². The number of nitrogens with zero attached hydrogens (tertiary/aromatic N) is 3. The van der Waals surface area contributed by atoms with Crippen molar-refractivity contribution in [2.75, 3.05) is 0 Å². The molecule has 0 spiro atoms. The monoisotopic (exact) mass is 261 g/mol. The molecule has 7 nitrogen and oxygen atoms in total. The quantitative estimate of drug-likeness (QED) is 0.832. The Kier molecular flexibility index (Phi) is 3.74. The molecule has 1 unspecified atom stereocenters. The van der Waals surface area contributed by atoms with Crippen LogP contribution in [-0.4, -0.2) is 25.7 Å². The van der Waals surface area contributed by atoms with Crippen LogP contribution in [0.15, 0.2) is 29.3 Å². The normalized spacial score (nSPS) is 12.1. The number of rotatable bonds is 4. The molecule has 2 aromatic rings. The van der Waals surface area contributed by atoms with E-state index >= 15 is 0 Å². The number of carbonyl (C=O) groups is 1. The second kappa shape index (κ2) is 5.47. The average Bonchev–Trinajstić information content (AvgIpc) is 2.92. The predicted molar refractivity (Wildman–Crippen MR) is 68.6 cm³/mol. The Bertz CT molecular complexity index is 617. The third-order valence-electron chi connectivity index (χ3n) is 2.76. The van der Waals surface area contributed by atoms with Crippen LogP contribution in [0.4, 0.5) is 0 Å². The van der Waals surface area contributed by atoms with Crippen LogP contribution in [0, 0.1) is 0 Å². The SMILES string of the molecule is CCC(NC(=O)c1ccc(=O)n(C)n1)c1ncc[nH]1. The van der Waals surface area contributed by atoms with E-state index in [1.807, 2.05) is 6.92 Å². The summed E-state index contributed by atoms with van der Waals surface area (Å²) in [5.41, 5.74) is -0.0540. The summed E-state index contributed by atoms with van der Waals surface area (Å²) in [6.45, 7) is 1.95. The maximum Gasteiger partial charge on any atom is 0.272 e. The van der Waals surface area contributed by atoms with Crippen LogP contribution < -0.4 is 10.9 Å². The molecule has 1 atom stereocenters. The molecule has 0 aliphatic carbocycles. The van der Waals surface area contributed by atoms with Crippen molar-refractivity contribution in [3.8, 4) is 0 Å². The van der Waals surface area contributed by atoms with Gasteiger partial charge in [0.1, 0.15) is 11.5 Å². The van der Waals surface area contributed by atoms with Crippen LogP contribution in [0.2, 0.25) is 0 Å². The molecular weight excluding hydrogens is 246 g/mol. The second-order valence-electron chi connectivity index (χ2n) is 4.09. The van der Waals surface area contributed by atoms with Crippen molar-refractivity contribution in [3.05, 3.63) is 46.4 Å². The summed E-state index contributed by atoms with van der Waals surface area (Å²) >= 11 is 0. The highest BCUT2D eigenvalue weighted by molar-refractivity contribution is 5.92. The molecule has 2 heterocycles. The van der Waals surface area contributed by atoms with Crippen molar-refractivity contribution in [1.29, 1.82) is 0 Å². The summed E-state index contributed by atoms with van der Waals surface area (Å²) < 4.78 is 1.13. The third-order valence-corrected chi connectivity index (χ3v) is 2.76. The van der Waals surface area contributed by atoms with Gasteiger partial charge < -0.3 is 10.3 Å². The minimum absolute atomic E-state index is 0.201. The number of aromatic nitrogens is 4. The molecule has 0 fully saturated rings. The highest BCUT2D eigenvalue weighted by Crippen LogP contribution is 2.11. The first-order valence-electron chi connectivity index (χ1n) is 5.96. The molecule has 2 rings (SSSR count). The lowest BCUT2D eigenvalue weighted by molar-refractivity contribution is 0.0926. The summed E-state index contributed by atoms with van der Waals surface area (Å²) in [4.78, 5) is 30.3. The molecule has 7 heteroatoms. The van der Waals surface area contributed by atoms with Gasteiger partial charge in [-0.25, -0.2) is 9.67 Å². The van der Waals surface area contributed by atoms with E-state index in [0.29, 0.717) is 12.2 Å². The Morgan fingerprint density at radius 3 is 2.89 bits per heavy atom. The standard InChI is InChI=1S/C12H15N5O2/c1-3-8(11-13-6-7-14-11)15-12(19)9-4-5-10(18)17(2)16-9/h4-8H,3H2,1-2H3,(H,13,14)(H,15,19). The number of hydrogen-bond acceptors (Lipinski definition) is 4. The number of imidazole rings is 1. The predicted octanol–water partition coefficient (Wildman–Crippen LogP) is 0.384. The van der Waals surface area contributed by atoms with Crippen molar-refractivity contribution in [2.45, 2.75) is 19.4 Å². The minimum atomic E-state index is -0.334. The highest BCUT2D eigenvalue weighted by atomic mass is 16.2. The second-order valence-corrected chi connectivity index (χ2v) is 4.09. The van der Waals surface area contributed by atoms with Gasteiger partial charge >= 0.3 is 0 Å². The van der Waals surface area contributed by atoms with E-state index in [-0.39, 0.29) is 23.2 Å². The molecule has 0 aromatic carbocycles. The third kappa shape index (κ3) is 2.87. The molecule has 1 amide bonds. The fourth-order valence-electron chi connectivity index (χ4n) is 1.69. The first-order valence-corrected chi connectivity index (χ1v) is 5.96. The van der Waals surface area contributed by atoms with Crippen molar-refractivity contribution in [1.82, 2.24) is 25.1 Å². The van der Waals surface area contributed by atoms with Crippen LogP contribution >= 0.6 is 0 Å². The Balaban J connectivity index is 2.15. The van der Waals surface area contributed by atoms with Gasteiger partial charge in [-0.15, -0.1) is 0 Å². The lowest BCUT2D eigenvalue weighted by atomic mass is 10.2. The fraction of sp³-hybridized carbons (Fsp3) is 0.333. The van der Waals surface area contributed by atoms with E-state index < -0.39 is 0 Å². The van der Waals surface area contributed by atoms with Gasteiger partial charge in [0.2, 0.25) is 0 Å². The fourth-order valence-corrected chi connectivity index (χ4v) is 1.69. The van der Waals surface area contributed by atoms with Crippen LogP contribution in [0.1, 0.15) is 35.7 Å². The van der Waals surface area contributed by atoms with Gasteiger partial charge in [0.25, 0.3) is 11.5 Å². The van der Waals surface area contributed by atoms with E-state index in [1.165, 1.54) is 19.2 Å². The summed E-state index contributed by atoms with van der Waals surface area (Å²) in [6.07, 6.45) is 4.04. The Morgan fingerprint density at radius 1 is 1.53 bits per heavy atom. The molecule has 0 saturated carbocycles. The number of carbonyl (C=O) groups excluding carboxylic acids is 1. The molecule has 19 heavy (non-hydrogen) atoms. The minimum Gasteiger partial charge on any atom is -0.347 e. The van der Waals surface area contributed by atoms with Crippen molar-refractivity contribution in [2.24, 2.45) is 7.05 Å². The van der Waals surface area contributed by atoms with E-state index in [2.05, 4.69) is 20.4 Å². The van der Waals surface area contributed by atoms with Gasteiger partial charge in [-0.2, -0.15) is 5.10 Å². The first kappa shape index (κ1) is 13.0. The van der Waals surface area contributed by atoms with Crippen LogP contribution in [0.25, 0.3) is 0 Å². The Morgan fingerprint density at radius 2 is 2.32 bits per heavy atom. The lowest BCUT2D eigenvalue weighted by Gasteiger charge is -2.14. The van der Waals surface area contributed by atoms with Gasteiger partial charge in [-0.1, -0.05) is 6.92 Å². The first-order chi connectivity index (χ1) is 9.11. The zero-order valence-electron chi connectivity index (χ0n) is 10.8. The van der Waals surface area contributed by atoms with Crippen LogP contribution in [0.3, 0.4) is 0 Å². The number of amides is 1. The molecule has 0 bridgehead atoms. The number of aromatic amines is 1. The molecule has 0 aliphatic heterocycles. The van der Waals surface area contributed by atoms with Crippen molar-refractivity contribution < 1.29 is 4.79 Å². The van der Waals surface area contributed by atoms with Crippen molar-refractivity contribution >= 4 is 5.91 Å². The summed E-state index contributed by atoms with van der Waals surface area (Å²) in [5, 5.41) is 6.72. The van der Waals surface area contributed by atoms with Gasteiger partial charge in [-0.05, 0) is 12.5 Å². The number of hydrogen-bond donors (Lipinski definition) is 2. The van der Waals surface area contributed by atoms with Gasteiger partial charge in [0.15, 0.2) is 0 Å². The van der Waals surface area contributed by atoms with Gasteiger partial charge in [0.05, 0.1) is 6.04 Å². The molecule has 100 valence electrons. The number of nitrogens with one attached hydrogen (secondary N) is 2. The van der Waals surface area contributed by atoms with Crippen LogP contribution in [0.5, 0.6) is 0 Å². The van der Waals surface area contributed by atoms with E-state index in [9.17, 15) is 9.59 Å². The lowest BCUT2D eigenvalue weighted by Crippen LogP contribution is -2.31. The summed E-state index contributed by atoms with van der Waals surface area (Å²) in [7, 11) is 1.50. The number of aryl methyl sites for hydroxylation is 1. The molecule has 0 aliphatic rings. The maximum absolute atomic E-state index is 12.0. The Hall–Kier alpha value is -2.44. The van der Waals surface area contributed by atoms with E-state index in [0.717, 1.165) is 4.68 Å². The molecular formula is C12H15N5O2. The smallest absolute Gasteiger partial charge is 0.272 e.